The molecule has 0 aromatic carbocycles. The average molecular weight is 199 g/mol. The van der Waals surface area contributed by atoms with Crippen LogP contribution in [0.15, 0.2) is 4.99 Å². The second-order valence-electron chi connectivity index (χ2n) is 2.92. The maximum absolute atomic E-state index is 9.27. The van der Waals surface area contributed by atoms with Crippen LogP contribution < -0.4 is 0 Å². The van der Waals surface area contributed by atoms with Gasteiger partial charge in [-0.15, -0.1) is 4.99 Å². The van der Waals surface area contributed by atoms with Crippen LogP contribution in [0.3, 0.4) is 0 Å². The molecule has 5 heteroatoms. The Bertz CT molecular complexity index is 228. The van der Waals surface area contributed by atoms with Gasteiger partial charge in [0.15, 0.2) is 5.17 Å². The van der Waals surface area contributed by atoms with E-state index in [1.54, 1.807) is 6.19 Å². The molecular formula is C8H13N3OS. The molecule has 0 aromatic rings. The highest BCUT2D eigenvalue weighted by atomic mass is 32.2. The van der Waals surface area contributed by atoms with E-state index in [2.05, 4.69) is 4.99 Å². The molecule has 1 N–H and O–H groups in total. The Morgan fingerprint density at radius 1 is 1.62 bits per heavy atom. The van der Waals surface area contributed by atoms with Crippen molar-refractivity contribution in [2.45, 2.75) is 18.9 Å². The monoisotopic (exact) mass is 199 g/mol. The van der Waals surface area contributed by atoms with Crippen molar-refractivity contribution < 1.29 is 5.11 Å². The topological polar surface area (TPSA) is 59.6 Å². The zero-order valence-electron chi connectivity index (χ0n) is 7.60. The summed E-state index contributed by atoms with van der Waals surface area (Å²) in [6.45, 7) is 1.59. The van der Waals surface area contributed by atoms with Crippen LogP contribution in [0, 0.1) is 11.5 Å². The van der Waals surface area contributed by atoms with Gasteiger partial charge < -0.3 is 10.0 Å². The van der Waals surface area contributed by atoms with Gasteiger partial charge in [-0.2, -0.15) is 5.26 Å². The number of amidine groups is 1. The van der Waals surface area contributed by atoms with Gasteiger partial charge in [-0.3, -0.25) is 0 Å². The van der Waals surface area contributed by atoms with Crippen molar-refractivity contribution in [3.8, 4) is 6.19 Å². The van der Waals surface area contributed by atoms with Crippen molar-refractivity contribution in [3.63, 3.8) is 0 Å². The van der Waals surface area contributed by atoms with Gasteiger partial charge in [-0.1, -0.05) is 11.8 Å². The quantitative estimate of drug-likeness (QED) is 0.353. The highest BCUT2D eigenvalue weighted by Crippen LogP contribution is 2.14. The first-order valence-electron chi connectivity index (χ1n) is 4.21. The summed E-state index contributed by atoms with van der Waals surface area (Å²) < 4.78 is 0. The average Bonchev–Trinajstić information content (AvgIpc) is 2.16. The number of aliphatic hydroxyl groups excluding tert-OH is 1. The molecule has 13 heavy (non-hydrogen) atoms. The summed E-state index contributed by atoms with van der Waals surface area (Å²) in [5.74, 6) is 0. The van der Waals surface area contributed by atoms with Crippen molar-refractivity contribution in [2.24, 2.45) is 4.99 Å². The number of nitrogens with zero attached hydrogens (tertiary/aromatic N) is 3. The Labute approximate surface area is 82.3 Å². The predicted octanol–water partition coefficient (Wildman–Crippen LogP) is 0.643. The molecule has 4 nitrogen and oxygen atoms in total. The standard InChI is InChI=1S/C8H13N3OS/c1-13-8(10-6-9)11-4-2-7(12)3-5-11/h7,12H,2-5H2,1H3/b10-8-. The summed E-state index contributed by atoms with van der Waals surface area (Å²) in [5.41, 5.74) is 0. The molecule has 1 saturated heterocycles. The number of aliphatic hydroxyl groups is 1. The van der Waals surface area contributed by atoms with Gasteiger partial charge >= 0.3 is 0 Å². The molecule has 0 radical (unpaired) electrons. The third kappa shape index (κ3) is 2.90. The van der Waals surface area contributed by atoms with E-state index in [4.69, 9.17) is 5.26 Å². The molecule has 1 fully saturated rings. The van der Waals surface area contributed by atoms with Gasteiger partial charge in [0.2, 0.25) is 6.19 Å². The highest BCUT2D eigenvalue weighted by molar-refractivity contribution is 8.13. The van der Waals surface area contributed by atoms with E-state index >= 15 is 0 Å². The Balaban J connectivity index is 2.52. The first-order valence-corrected chi connectivity index (χ1v) is 5.44. The highest BCUT2D eigenvalue weighted by Gasteiger charge is 2.19. The lowest BCUT2D eigenvalue weighted by atomic mass is 10.1. The summed E-state index contributed by atoms with van der Waals surface area (Å²) in [7, 11) is 0. The largest absolute Gasteiger partial charge is 0.393 e. The van der Waals surface area contributed by atoms with E-state index in [0.29, 0.717) is 0 Å². The van der Waals surface area contributed by atoms with Crippen LogP contribution in [0.1, 0.15) is 12.8 Å². The fourth-order valence-corrected chi connectivity index (χ4v) is 1.92. The van der Waals surface area contributed by atoms with Gasteiger partial charge in [0.1, 0.15) is 0 Å². The van der Waals surface area contributed by atoms with Gasteiger partial charge in [0, 0.05) is 13.1 Å². The minimum absolute atomic E-state index is 0.179. The van der Waals surface area contributed by atoms with E-state index in [0.717, 1.165) is 31.1 Å². The summed E-state index contributed by atoms with van der Waals surface area (Å²) >= 11 is 1.47. The minimum Gasteiger partial charge on any atom is -0.393 e. The molecule has 72 valence electrons. The fraction of sp³-hybridized carbons (Fsp3) is 0.750. The van der Waals surface area contributed by atoms with Gasteiger partial charge in [-0.05, 0) is 19.1 Å². The molecule has 0 aromatic heterocycles. The molecule has 0 amide bonds. The van der Waals surface area contributed by atoms with Crippen molar-refractivity contribution >= 4 is 16.9 Å². The van der Waals surface area contributed by atoms with E-state index in [1.807, 2.05) is 11.2 Å². The fourth-order valence-electron chi connectivity index (χ4n) is 1.35. The summed E-state index contributed by atoms with van der Waals surface area (Å²) in [6.07, 6.45) is 5.05. The Morgan fingerprint density at radius 2 is 2.23 bits per heavy atom. The number of hydrogen-bond acceptors (Lipinski definition) is 4. The maximum atomic E-state index is 9.27. The third-order valence-electron chi connectivity index (χ3n) is 2.06. The molecule has 0 spiro atoms. The number of thioether (sulfide) groups is 1. The number of likely N-dealkylation sites (tertiary alicyclic amines) is 1. The van der Waals surface area contributed by atoms with Gasteiger partial charge in [0.05, 0.1) is 6.10 Å². The van der Waals surface area contributed by atoms with E-state index in [1.165, 1.54) is 11.8 Å². The van der Waals surface area contributed by atoms with Crippen molar-refractivity contribution in [1.82, 2.24) is 4.90 Å². The van der Waals surface area contributed by atoms with Crippen LogP contribution in [0.5, 0.6) is 0 Å². The van der Waals surface area contributed by atoms with Crippen LogP contribution >= 0.6 is 11.8 Å². The van der Waals surface area contributed by atoms with E-state index in [-0.39, 0.29) is 6.10 Å². The Morgan fingerprint density at radius 3 is 2.69 bits per heavy atom. The number of nitriles is 1. The number of piperidine rings is 1. The van der Waals surface area contributed by atoms with Crippen LogP contribution in [0.2, 0.25) is 0 Å². The first kappa shape index (κ1) is 10.4. The summed E-state index contributed by atoms with van der Waals surface area (Å²) in [4.78, 5) is 5.76. The minimum atomic E-state index is -0.179. The van der Waals surface area contributed by atoms with E-state index in [9.17, 15) is 5.11 Å². The van der Waals surface area contributed by atoms with Crippen molar-refractivity contribution in [1.29, 1.82) is 5.26 Å². The zero-order valence-corrected chi connectivity index (χ0v) is 8.42. The lowest BCUT2D eigenvalue weighted by Gasteiger charge is -2.30. The first-order chi connectivity index (χ1) is 6.27. The molecule has 1 aliphatic rings. The summed E-state index contributed by atoms with van der Waals surface area (Å²) in [5, 5.41) is 18.5. The smallest absolute Gasteiger partial charge is 0.208 e. The molecular weight excluding hydrogens is 186 g/mol. The second kappa shape index (κ2) is 5.10. The molecule has 0 unspecified atom stereocenters. The number of hydrogen-bond donors (Lipinski definition) is 1. The number of rotatable bonds is 0. The van der Waals surface area contributed by atoms with E-state index < -0.39 is 0 Å². The van der Waals surface area contributed by atoms with Crippen LogP contribution in [0.25, 0.3) is 0 Å². The lowest BCUT2D eigenvalue weighted by Crippen LogP contribution is -2.38. The number of aliphatic imine (C=N–C) groups is 1. The molecule has 0 bridgehead atoms. The third-order valence-corrected chi connectivity index (χ3v) is 2.78. The zero-order chi connectivity index (χ0) is 9.68. The van der Waals surface area contributed by atoms with Gasteiger partial charge in [-0.25, -0.2) is 0 Å². The molecule has 1 heterocycles. The maximum Gasteiger partial charge on any atom is 0.208 e. The SMILES string of the molecule is CS/C(=N\C#N)N1CCC(O)CC1. The Hall–Kier alpha value is -0.730. The lowest BCUT2D eigenvalue weighted by molar-refractivity contribution is 0.110. The second-order valence-corrected chi connectivity index (χ2v) is 3.69. The van der Waals surface area contributed by atoms with Crippen molar-refractivity contribution in [2.75, 3.05) is 19.3 Å². The predicted molar refractivity (Wildman–Crippen MR) is 53.4 cm³/mol. The molecule has 1 aliphatic heterocycles. The molecule has 0 saturated carbocycles. The Kier molecular flexibility index (Phi) is 4.06. The van der Waals surface area contributed by atoms with Crippen LogP contribution in [-0.4, -0.2) is 40.6 Å². The van der Waals surface area contributed by atoms with Gasteiger partial charge in [0.25, 0.3) is 0 Å². The normalized spacial score (nSPS) is 20.1. The van der Waals surface area contributed by atoms with Crippen LogP contribution in [-0.2, 0) is 0 Å². The molecule has 1 rings (SSSR count). The van der Waals surface area contributed by atoms with Crippen LogP contribution in [0.4, 0.5) is 0 Å². The van der Waals surface area contributed by atoms with Crippen molar-refractivity contribution in [3.05, 3.63) is 0 Å². The summed E-state index contributed by atoms with van der Waals surface area (Å²) in [6, 6.07) is 0. The molecule has 0 aliphatic carbocycles. The molecule has 0 atom stereocenters.